The molecule has 0 heterocycles. The van der Waals surface area contributed by atoms with Crippen LogP contribution in [-0.2, 0) is 16.0 Å². The Hall–Kier alpha value is -2.39. The lowest BCUT2D eigenvalue weighted by molar-refractivity contribution is -0.571. The van der Waals surface area contributed by atoms with Gasteiger partial charge in [0.2, 0.25) is 5.91 Å². The predicted molar refractivity (Wildman–Crippen MR) is 103 cm³/mol. The Kier molecular flexibility index (Phi) is 10.3. The summed E-state index contributed by atoms with van der Waals surface area (Å²) >= 11 is 0. The van der Waals surface area contributed by atoms with Crippen molar-refractivity contribution in [3.63, 3.8) is 0 Å². The van der Waals surface area contributed by atoms with E-state index in [9.17, 15) is 19.0 Å². The molecule has 9 heteroatoms. The minimum Gasteiger partial charge on any atom is -0.492 e. The summed E-state index contributed by atoms with van der Waals surface area (Å²) in [6.45, 7) is 4.21. The van der Waals surface area contributed by atoms with Gasteiger partial charge in [-0.25, -0.2) is 0 Å². The molecule has 1 aromatic rings. The molecule has 1 rings (SSSR count). The van der Waals surface area contributed by atoms with Gasteiger partial charge in [-0.3, -0.25) is 9.59 Å². The zero-order valence-corrected chi connectivity index (χ0v) is 16.6. The van der Waals surface area contributed by atoms with Gasteiger partial charge in [0.1, 0.15) is 12.4 Å². The van der Waals surface area contributed by atoms with E-state index in [0.29, 0.717) is 16.9 Å². The normalized spacial score (nSPS) is 13.1. The summed E-state index contributed by atoms with van der Waals surface area (Å²) < 4.78 is 18.3. The number of nitroso groups, excluding NO2 is 1. The molecule has 2 atom stereocenters. The molecule has 0 saturated heterocycles. The average molecular weight is 397 g/mol. The molecule has 0 aliphatic rings. The SMILES string of the molecule is CC(C)C(=O)C(N)Cc1ccc(OCCNC(=O)CCC(NF)[N+](C)=O)cc1. The molecular weight excluding hydrogens is 367 g/mol. The van der Waals surface area contributed by atoms with Crippen LogP contribution in [-0.4, -0.2) is 48.9 Å². The standard InChI is InChI=1S/C19H29FN4O4/c1-13(2)19(26)16(21)12-14-4-6-15(7-5-14)28-11-10-22-18(25)9-8-17(23-20)24(3)27/h4-7,13,16-17,23H,8-12,21H2,1-3H3/p+1. The maximum atomic E-state index is 12.4. The summed E-state index contributed by atoms with van der Waals surface area (Å²) in [5, 5.41) is 2.64. The number of nitrogens with one attached hydrogen (secondary N) is 2. The summed E-state index contributed by atoms with van der Waals surface area (Å²) in [7, 11) is 1.18. The van der Waals surface area contributed by atoms with Crippen LogP contribution in [0.25, 0.3) is 0 Å². The highest BCUT2D eigenvalue weighted by molar-refractivity contribution is 5.85. The van der Waals surface area contributed by atoms with Gasteiger partial charge in [-0.1, -0.05) is 31.5 Å². The fraction of sp³-hybridized carbons (Fsp3) is 0.579. The van der Waals surface area contributed by atoms with Gasteiger partial charge in [0, 0.05) is 28.4 Å². The largest absolute Gasteiger partial charge is 0.492 e. The monoisotopic (exact) mass is 397 g/mol. The minimum absolute atomic E-state index is 0.0260. The second-order valence-electron chi connectivity index (χ2n) is 6.92. The van der Waals surface area contributed by atoms with E-state index in [-0.39, 0.29) is 43.6 Å². The van der Waals surface area contributed by atoms with Crippen LogP contribution in [0.3, 0.4) is 0 Å². The smallest absolute Gasteiger partial charge is 0.279 e. The molecular formula is C19H30FN4O4+. The van der Waals surface area contributed by atoms with Crippen molar-refractivity contribution in [1.82, 2.24) is 10.9 Å². The number of ketones is 1. The Morgan fingerprint density at radius 3 is 2.43 bits per heavy atom. The summed E-state index contributed by atoms with van der Waals surface area (Å²) in [6, 6.07) is 6.75. The highest BCUT2D eigenvalue weighted by Gasteiger charge is 2.21. The number of hydrogen-bond acceptors (Lipinski definition) is 6. The molecule has 0 saturated carbocycles. The van der Waals surface area contributed by atoms with Crippen molar-refractivity contribution >= 4 is 11.7 Å². The molecule has 156 valence electrons. The first-order valence-corrected chi connectivity index (χ1v) is 9.28. The molecule has 0 spiro atoms. The van der Waals surface area contributed by atoms with Crippen LogP contribution in [0.4, 0.5) is 4.48 Å². The average Bonchev–Trinajstić information content (AvgIpc) is 2.65. The van der Waals surface area contributed by atoms with Crippen LogP contribution in [0.15, 0.2) is 24.3 Å². The molecule has 0 aliphatic heterocycles. The predicted octanol–water partition coefficient (Wildman–Crippen LogP) is 1.27. The second-order valence-corrected chi connectivity index (χ2v) is 6.92. The molecule has 1 amide bonds. The molecule has 0 aromatic heterocycles. The molecule has 28 heavy (non-hydrogen) atoms. The Morgan fingerprint density at radius 1 is 1.25 bits per heavy atom. The number of nitrogens with two attached hydrogens (primary N) is 1. The first kappa shape index (κ1) is 23.6. The molecule has 0 aliphatic carbocycles. The third-order valence-electron chi connectivity index (χ3n) is 4.22. The summed E-state index contributed by atoms with van der Waals surface area (Å²) in [5.74, 6) is 0.293. The number of benzene rings is 1. The summed E-state index contributed by atoms with van der Waals surface area (Å²) in [4.78, 5) is 34.5. The van der Waals surface area contributed by atoms with E-state index in [1.54, 1.807) is 12.1 Å². The minimum atomic E-state index is -1.04. The maximum absolute atomic E-state index is 12.4. The van der Waals surface area contributed by atoms with Gasteiger partial charge in [-0.2, -0.15) is 0 Å². The number of hydrogen-bond donors (Lipinski definition) is 3. The van der Waals surface area contributed by atoms with Crippen molar-refractivity contribution in [1.29, 1.82) is 0 Å². The first-order valence-electron chi connectivity index (χ1n) is 9.28. The zero-order chi connectivity index (χ0) is 21.1. The van der Waals surface area contributed by atoms with E-state index in [2.05, 4.69) is 5.32 Å². The van der Waals surface area contributed by atoms with Crippen molar-refractivity contribution in [2.45, 2.75) is 45.3 Å². The molecule has 0 bridgehead atoms. The third-order valence-corrected chi connectivity index (χ3v) is 4.22. The fourth-order valence-electron chi connectivity index (χ4n) is 2.53. The number of halogens is 1. The topological polar surface area (TPSA) is 114 Å². The zero-order valence-electron chi connectivity index (χ0n) is 16.6. The van der Waals surface area contributed by atoms with Gasteiger partial charge in [0.25, 0.3) is 6.17 Å². The summed E-state index contributed by atoms with van der Waals surface area (Å²) in [6.07, 6.45) is -0.477. The van der Waals surface area contributed by atoms with Crippen molar-refractivity contribution < 1.29 is 23.6 Å². The van der Waals surface area contributed by atoms with Gasteiger partial charge < -0.3 is 15.8 Å². The molecule has 1 aromatic carbocycles. The summed E-state index contributed by atoms with van der Waals surface area (Å²) in [5.41, 5.74) is 8.22. The Labute approximate surface area is 164 Å². The van der Waals surface area contributed by atoms with Gasteiger partial charge in [0.05, 0.1) is 12.6 Å². The molecule has 4 N–H and O–H groups in total. The van der Waals surface area contributed by atoms with Gasteiger partial charge in [-0.05, 0) is 24.1 Å². The maximum Gasteiger partial charge on any atom is 0.279 e. The van der Waals surface area contributed by atoms with Crippen LogP contribution in [0.1, 0.15) is 32.3 Å². The van der Waals surface area contributed by atoms with Gasteiger partial charge in [-0.15, -0.1) is 4.48 Å². The number of nitrogens with zero attached hydrogens (tertiary/aromatic N) is 1. The molecule has 0 radical (unpaired) electrons. The van der Waals surface area contributed by atoms with Crippen LogP contribution in [0.2, 0.25) is 0 Å². The van der Waals surface area contributed by atoms with Crippen molar-refractivity contribution in [3.05, 3.63) is 34.7 Å². The number of carbonyl (C=O) groups excluding carboxylic acids is 2. The number of carbonyl (C=O) groups is 2. The van der Waals surface area contributed by atoms with E-state index >= 15 is 0 Å². The lowest BCUT2D eigenvalue weighted by atomic mass is 9.96. The fourth-order valence-corrected chi connectivity index (χ4v) is 2.53. The van der Waals surface area contributed by atoms with Crippen LogP contribution >= 0.6 is 0 Å². The number of amides is 1. The van der Waals surface area contributed by atoms with E-state index in [1.165, 1.54) is 12.6 Å². The first-order chi connectivity index (χ1) is 13.2. The van der Waals surface area contributed by atoms with E-state index in [1.807, 2.05) is 26.0 Å². The van der Waals surface area contributed by atoms with Crippen LogP contribution < -0.4 is 21.3 Å². The number of Topliss-reactive ketones (excluding diaryl/α,β-unsaturated/α-hetero) is 1. The number of rotatable bonds is 13. The van der Waals surface area contributed by atoms with E-state index in [0.717, 1.165) is 5.56 Å². The van der Waals surface area contributed by atoms with Crippen molar-refractivity contribution in [2.75, 3.05) is 20.2 Å². The second kappa shape index (κ2) is 12.1. The van der Waals surface area contributed by atoms with E-state index < -0.39 is 12.2 Å². The highest BCUT2D eigenvalue weighted by Crippen LogP contribution is 2.14. The van der Waals surface area contributed by atoms with Gasteiger partial charge in [0.15, 0.2) is 12.8 Å². The van der Waals surface area contributed by atoms with Gasteiger partial charge >= 0.3 is 0 Å². The molecule has 8 nitrogen and oxygen atoms in total. The van der Waals surface area contributed by atoms with Crippen LogP contribution in [0, 0.1) is 10.8 Å². The molecule has 2 unspecified atom stereocenters. The van der Waals surface area contributed by atoms with Crippen molar-refractivity contribution in [3.8, 4) is 5.75 Å². The highest BCUT2D eigenvalue weighted by atomic mass is 19.2. The quantitative estimate of drug-likeness (QED) is 0.200. The third kappa shape index (κ3) is 8.53. The van der Waals surface area contributed by atoms with E-state index in [4.69, 9.17) is 10.5 Å². The number of ether oxygens (including phenoxy) is 1. The van der Waals surface area contributed by atoms with Crippen LogP contribution in [0.5, 0.6) is 5.75 Å². The Morgan fingerprint density at radius 2 is 1.89 bits per heavy atom. The Balaban J connectivity index is 2.30. The Bertz CT molecular complexity index is 652. The van der Waals surface area contributed by atoms with Crippen molar-refractivity contribution in [2.24, 2.45) is 11.7 Å². The lowest BCUT2D eigenvalue weighted by Crippen LogP contribution is -2.35. The molecule has 0 fully saturated rings. The lowest BCUT2D eigenvalue weighted by Gasteiger charge is -2.13.